The molecule has 2 aliphatic heterocycles. The summed E-state index contributed by atoms with van der Waals surface area (Å²) in [5.74, 6) is 4.35. The number of pyridine rings is 1. The van der Waals surface area contributed by atoms with Crippen molar-refractivity contribution in [3.63, 3.8) is 0 Å². The third kappa shape index (κ3) is 9.20. The lowest BCUT2D eigenvalue weighted by molar-refractivity contribution is 0.238. The van der Waals surface area contributed by atoms with Crippen molar-refractivity contribution in [1.29, 1.82) is 0 Å². The van der Waals surface area contributed by atoms with Gasteiger partial charge in [-0.05, 0) is 86.5 Å². The summed E-state index contributed by atoms with van der Waals surface area (Å²) >= 11 is 0. The molecule has 0 spiro atoms. The van der Waals surface area contributed by atoms with E-state index in [2.05, 4.69) is 70.0 Å². The number of ether oxygens (including phenoxy) is 1. The largest absolute Gasteiger partial charge is 0.492 e. The van der Waals surface area contributed by atoms with Crippen molar-refractivity contribution in [2.75, 3.05) is 31.1 Å². The van der Waals surface area contributed by atoms with Crippen LogP contribution in [0.2, 0.25) is 0 Å². The van der Waals surface area contributed by atoms with Gasteiger partial charge in [-0.1, -0.05) is 57.9 Å². The third-order valence-corrected chi connectivity index (χ3v) is 8.60. The van der Waals surface area contributed by atoms with Crippen molar-refractivity contribution in [3.8, 4) is 5.75 Å². The van der Waals surface area contributed by atoms with Crippen LogP contribution < -0.4 is 15.0 Å². The smallest absolute Gasteiger partial charge is 0.128 e. The van der Waals surface area contributed by atoms with Gasteiger partial charge in [0.15, 0.2) is 0 Å². The Labute approximate surface area is 222 Å². The van der Waals surface area contributed by atoms with Gasteiger partial charge >= 0.3 is 0 Å². The van der Waals surface area contributed by atoms with Gasteiger partial charge in [-0.2, -0.15) is 0 Å². The Morgan fingerprint density at radius 1 is 1.08 bits per heavy atom. The topological polar surface area (TPSA) is 37.4 Å². The van der Waals surface area contributed by atoms with Crippen molar-refractivity contribution < 1.29 is 4.74 Å². The molecule has 2 saturated heterocycles. The summed E-state index contributed by atoms with van der Waals surface area (Å²) in [6.45, 7) is 13.3. The summed E-state index contributed by atoms with van der Waals surface area (Å²) in [4.78, 5) is 6.93. The Morgan fingerprint density at radius 2 is 1.89 bits per heavy atom. The van der Waals surface area contributed by atoms with Crippen LogP contribution in [0.3, 0.4) is 0 Å². The highest BCUT2D eigenvalue weighted by molar-refractivity contribution is 7.21. The maximum atomic E-state index is 5.81. The second-order valence-corrected chi connectivity index (χ2v) is 11.4. The van der Waals surface area contributed by atoms with E-state index in [4.69, 9.17) is 4.74 Å². The van der Waals surface area contributed by atoms with Crippen molar-refractivity contribution in [3.05, 3.63) is 54.2 Å². The van der Waals surface area contributed by atoms with E-state index in [0.717, 1.165) is 49.6 Å². The van der Waals surface area contributed by atoms with Gasteiger partial charge in [-0.15, -0.1) is 8.86 Å². The molecule has 198 valence electrons. The summed E-state index contributed by atoms with van der Waals surface area (Å²) in [7, 11) is 3.96. The minimum absolute atomic E-state index is 0.540. The van der Waals surface area contributed by atoms with Crippen molar-refractivity contribution in [1.82, 2.24) is 10.3 Å². The van der Waals surface area contributed by atoms with Crippen LogP contribution in [0, 0.1) is 24.7 Å². The molecule has 1 N–H and O–H groups in total. The van der Waals surface area contributed by atoms with E-state index in [-0.39, 0.29) is 0 Å². The van der Waals surface area contributed by atoms with Crippen molar-refractivity contribution in [2.45, 2.75) is 78.7 Å². The molecule has 3 heterocycles. The Morgan fingerprint density at radius 3 is 2.58 bits per heavy atom. The van der Waals surface area contributed by atoms with Gasteiger partial charge in [0.1, 0.15) is 18.2 Å². The number of anilines is 1. The number of para-hydroxylation sites is 1. The van der Waals surface area contributed by atoms with E-state index in [1.807, 2.05) is 30.5 Å². The SMILES string of the molecule is CC[C@H](C)C(C)CC(=P)C1CCCN(c2ccccn2)C1.Cc1ccccc1OCC1CCCCN1. The van der Waals surface area contributed by atoms with Gasteiger partial charge in [0, 0.05) is 31.2 Å². The molecule has 0 radical (unpaired) electrons. The molecular formula is C31H48N3OP. The average molecular weight is 510 g/mol. The van der Waals surface area contributed by atoms with Crippen LogP contribution in [0.5, 0.6) is 5.75 Å². The Hall–Kier alpha value is -1.90. The molecule has 2 fully saturated rings. The van der Waals surface area contributed by atoms with Crippen LogP contribution in [0.1, 0.15) is 71.3 Å². The van der Waals surface area contributed by atoms with Crippen LogP contribution in [0.4, 0.5) is 5.82 Å². The first-order valence-electron chi connectivity index (χ1n) is 14.1. The maximum absolute atomic E-state index is 5.81. The molecule has 36 heavy (non-hydrogen) atoms. The molecule has 0 saturated carbocycles. The van der Waals surface area contributed by atoms with Gasteiger partial charge in [-0.25, -0.2) is 4.98 Å². The van der Waals surface area contributed by atoms with Gasteiger partial charge < -0.3 is 15.0 Å². The number of aromatic nitrogens is 1. The second kappa shape index (κ2) is 15.4. The molecule has 0 bridgehead atoms. The number of nitrogens with zero attached hydrogens (tertiary/aromatic N) is 2. The van der Waals surface area contributed by atoms with E-state index < -0.39 is 0 Å². The molecule has 2 aliphatic rings. The van der Waals surface area contributed by atoms with Crippen LogP contribution in [0.15, 0.2) is 48.7 Å². The lowest BCUT2D eigenvalue weighted by Gasteiger charge is -2.35. The second-order valence-electron chi connectivity index (χ2n) is 10.8. The first-order chi connectivity index (χ1) is 17.5. The zero-order valence-electron chi connectivity index (χ0n) is 23.0. The maximum Gasteiger partial charge on any atom is 0.128 e. The number of hydrogen-bond donors (Lipinski definition) is 1. The first kappa shape index (κ1) is 28.7. The number of piperidine rings is 2. The first-order valence-corrected chi connectivity index (χ1v) is 14.6. The lowest BCUT2D eigenvalue weighted by atomic mass is 9.84. The standard InChI is InChI=1S/C18H29N2P.C13H19NO/c1-4-14(2)15(3)12-17(21)16-8-7-11-20(13-16)18-9-5-6-10-19-18;1-11-6-2-3-8-13(11)15-10-12-7-4-5-9-14-12/h5-6,9-10,14-16,21H,4,7-8,11-13H2,1-3H3;2-3,6,8,12,14H,4-5,7,9-10H2,1H3/t14-,15?,16?;/m0./s1. The average Bonchev–Trinajstić information content (AvgIpc) is 2.93. The molecule has 1 aromatic carbocycles. The van der Waals surface area contributed by atoms with Crippen LogP contribution in [0.25, 0.3) is 0 Å². The van der Waals surface area contributed by atoms with E-state index >= 15 is 0 Å². The minimum atomic E-state index is 0.540. The van der Waals surface area contributed by atoms with Crippen molar-refractivity contribution >= 4 is 20.0 Å². The molecule has 3 unspecified atom stereocenters. The number of nitrogens with one attached hydrogen (secondary N) is 1. The summed E-state index contributed by atoms with van der Waals surface area (Å²) in [5, 5.41) is 4.99. The van der Waals surface area contributed by atoms with Gasteiger partial charge in [0.25, 0.3) is 0 Å². The zero-order chi connectivity index (χ0) is 25.8. The molecular weight excluding hydrogens is 461 g/mol. The molecule has 4 rings (SSSR count). The van der Waals surface area contributed by atoms with Crippen molar-refractivity contribution in [2.24, 2.45) is 17.8 Å². The number of aryl methyl sites for hydroxylation is 1. The molecule has 4 atom stereocenters. The number of hydrogen-bond acceptors (Lipinski definition) is 4. The fourth-order valence-corrected chi connectivity index (χ4v) is 5.66. The van der Waals surface area contributed by atoms with E-state index in [1.54, 1.807) is 0 Å². The highest BCUT2D eigenvalue weighted by Crippen LogP contribution is 2.27. The molecule has 1 aromatic heterocycles. The predicted octanol–water partition coefficient (Wildman–Crippen LogP) is 7.20. The summed E-state index contributed by atoms with van der Waals surface area (Å²) in [6.07, 6.45) is 10.8. The van der Waals surface area contributed by atoms with E-state index in [9.17, 15) is 0 Å². The molecule has 0 aliphatic carbocycles. The van der Waals surface area contributed by atoms with Gasteiger partial charge in [0.2, 0.25) is 0 Å². The quantitative estimate of drug-likeness (QED) is 0.363. The normalized spacial score (nSPS) is 21.6. The predicted molar refractivity (Wildman–Crippen MR) is 158 cm³/mol. The van der Waals surface area contributed by atoms with Gasteiger partial charge in [0.05, 0.1) is 0 Å². The van der Waals surface area contributed by atoms with Crippen LogP contribution >= 0.6 is 8.86 Å². The molecule has 5 heteroatoms. The zero-order valence-corrected chi connectivity index (χ0v) is 24.0. The van der Waals surface area contributed by atoms with Crippen LogP contribution in [-0.2, 0) is 0 Å². The van der Waals surface area contributed by atoms with Crippen LogP contribution in [-0.4, -0.2) is 42.6 Å². The Kier molecular flexibility index (Phi) is 12.2. The highest BCUT2D eigenvalue weighted by Gasteiger charge is 2.25. The van der Waals surface area contributed by atoms with E-state index in [1.165, 1.54) is 55.8 Å². The Bertz CT molecular complexity index is 900. The monoisotopic (exact) mass is 509 g/mol. The highest BCUT2D eigenvalue weighted by atomic mass is 31.0. The number of benzene rings is 1. The molecule has 0 amide bonds. The fourth-order valence-electron chi connectivity index (χ4n) is 5.10. The number of rotatable bonds is 9. The Balaban J connectivity index is 0.000000212. The minimum Gasteiger partial charge on any atom is -0.492 e. The molecule has 2 aromatic rings. The molecule has 4 nitrogen and oxygen atoms in total. The third-order valence-electron chi connectivity index (χ3n) is 7.99. The summed E-state index contributed by atoms with van der Waals surface area (Å²) in [6, 6.07) is 14.9. The van der Waals surface area contributed by atoms with Gasteiger partial charge in [-0.3, -0.25) is 0 Å². The lowest BCUT2D eigenvalue weighted by Crippen LogP contribution is -2.39. The fraction of sp³-hybridized carbons (Fsp3) is 0.613. The summed E-state index contributed by atoms with van der Waals surface area (Å²) < 4.78 is 5.81. The summed E-state index contributed by atoms with van der Waals surface area (Å²) in [5.41, 5.74) is 1.22. The van der Waals surface area contributed by atoms with E-state index in [0.29, 0.717) is 12.0 Å².